The van der Waals surface area contributed by atoms with Crippen LogP contribution in [0.4, 0.5) is 10.1 Å². The molecule has 2 rings (SSSR count). The fourth-order valence-electron chi connectivity index (χ4n) is 2.76. The number of halogens is 2. The van der Waals surface area contributed by atoms with Gasteiger partial charge >= 0.3 is 0 Å². The topological polar surface area (TPSA) is 15.3 Å². The summed E-state index contributed by atoms with van der Waals surface area (Å²) in [4.78, 5) is 2.47. The van der Waals surface area contributed by atoms with Crippen LogP contribution in [0.15, 0.2) is 18.2 Å². The Morgan fingerprint density at radius 1 is 1.53 bits per heavy atom. The van der Waals surface area contributed by atoms with Crippen molar-refractivity contribution in [1.29, 1.82) is 0 Å². The number of nitrogens with one attached hydrogen (secondary N) is 1. The Morgan fingerprint density at radius 3 is 3.05 bits per heavy atom. The van der Waals surface area contributed by atoms with E-state index in [9.17, 15) is 4.39 Å². The van der Waals surface area contributed by atoms with Crippen LogP contribution in [0.1, 0.15) is 26.7 Å². The first-order valence-electron chi connectivity index (χ1n) is 7.04. The summed E-state index contributed by atoms with van der Waals surface area (Å²) in [6.07, 6.45) is 2.46. The van der Waals surface area contributed by atoms with Crippen LogP contribution >= 0.6 is 11.6 Å². The van der Waals surface area contributed by atoms with Gasteiger partial charge in [0.2, 0.25) is 0 Å². The van der Waals surface area contributed by atoms with Gasteiger partial charge in [0.05, 0.1) is 10.7 Å². The summed E-state index contributed by atoms with van der Waals surface area (Å²) in [6, 6.07) is 4.76. The Balaban J connectivity index is 2.00. The molecule has 106 valence electrons. The van der Waals surface area contributed by atoms with Gasteiger partial charge in [-0.3, -0.25) is 0 Å². The number of benzene rings is 1. The SMILES string of the molecule is CCN1CCCC(C(C)Nc2cc(F)ccc2Cl)C1. The molecule has 0 aliphatic carbocycles. The third-order valence-corrected chi connectivity index (χ3v) is 4.34. The van der Waals surface area contributed by atoms with Crippen molar-refractivity contribution < 1.29 is 4.39 Å². The Morgan fingerprint density at radius 2 is 2.32 bits per heavy atom. The van der Waals surface area contributed by atoms with Crippen molar-refractivity contribution in [3.05, 3.63) is 29.0 Å². The highest BCUT2D eigenvalue weighted by Gasteiger charge is 2.24. The van der Waals surface area contributed by atoms with E-state index in [2.05, 4.69) is 24.1 Å². The Bertz CT molecular complexity index is 425. The van der Waals surface area contributed by atoms with E-state index < -0.39 is 0 Å². The van der Waals surface area contributed by atoms with Crippen LogP contribution in [0.5, 0.6) is 0 Å². The van der Waals surface area contributed by atoms with Gasteiger partial charge in [0.15, 0.2) is 0 Å². The van der Waals surface area contributed by atoms with E-state index in [0.29, 0.717) is 22.7 Å². The number of anilines is 1. The number of rotatable bonds is 4. The molecule has 1 aliphatic heterocycles. The van der Waals surface area contributed by atoms with E-state index in [1.165, 1.54) is 31.5 Å². The lowest BCUT2D eigenvalue weighted by Crippen LogP contribution is -2.41. The van der Waals surface area contributed by atoms with E-state index in [0.717, 1.165) is 13.1 Å². The second-order valence-corrected chi connectivity index (χ2v) is 5.76. The summed E-state index contributed by atoms with van der Waals surface area (Å²) in [5, 5.41) is 3.95. The van der Waals surface area contributed by atoms with Gasteiger partial charge in [0.1, 0.15) is 5.82 Å². The molecule has 19 heavy (non-hydrogen) atoms. The highest BCUT2D eigenvalue weighted by atomic mass is 35.5. The number of piperidine rings is 1. The zero-order valence-electron chi connectivity index (χ0n) is 11.6. The lowest BCUT2D eigenvalue weighted by Gasteiger charge is -2.35. The van der Waals surface area contributed by atoms with E-state index in [-0.39, 0.29) is 5.82 Å². The van der Waals surface area contributed by atoms with E-state index in [1.807, 2.05) is 0 Å². The first kappa shape index (κ1) is 14.6. The molecule has 1 N–H and O–H groups in total. The minimum absolute atomic E-state index is 0.252. The molecule has 2 atom stereocenters. The minimum Gasteiger partial charge on any atom is -0.381 e. The maximum absolute atomic E-state index is 13.2. The minimum atomic E-state index is -0.252. The van der Waals surface area contributed by atoms with Crippen molar-refractivity contribution in [2.45, 2.75) is 32.7 Å². The second kappa shape index (κ2) is 6.58. The van der Waals surface area contributed by atoms with Crippen molar-refractivity contribution in [2.24, 2.45) is 5.92 Å². The van der Waals surface area contributed by atoms with Crippen molar-refractivity contribution in [3.63, 3.8) is 0 Å². The molecule has 1 fully saturated rings. The number of nitrogens with zero attached hydrogens (tertiary/aromatic N) is 1. The van der Waals surface area contributed by atoms with Crippen molar-refractivity contribution in [1.82, 2.24) is 4.90 Å². The van der Waals surface area contributed by atoms with Gasteiger partial charge in [0.25, 0.3) is 0 Å². The molecule has 0 bridgehead atoms. The fraction of sp³-hybridized carbons (Fsp3) is 0.600. The average Bonchev–Trinajstić information content (AvgIpc) is 2.43. The molecule has 0 spiro atoms. The highest BCUT2D eigenvalue weighted by Crippen LogP contribution is 2.27. The number of hydrogen-bond donors (Lipinski definition) is 1. The second-order valence-electron chi connectivity index (χ2n) is 5.35. The zero-order valence-corrected chi connectivity index (χ0v) is 12.4. The zero-order chi connectivity index (χ0) is 13.8. The predicted octanol–water partition coefficient (Wildman–Crippen LogP) is 4.01. The highest BCUT2D eigenvalue weighted by molar-refractivity contribution is 6.33. The first-order valence-corrected chi connectivity index (χ1v) is 7.42. The fourth-order valence-corrected chi connectivity index (χ4v) is 2.93. The third kappa shape index (κ3) is 3.83. The van der Waals surface area contributed by atoms with Crippen molar-refractivity contribution in [3.8, 4) is 0 Å². The molecule has 0 radical (unpaired) electrons. The van der Waals surface area contributed by atoms with Crippen LogP contribution in [-0.2, 0) is 0 Å². The largest absolute Gasteiger partial charge is 0.381 e. The van der Waals surface area contributed by atoms with Crippen LogP contribution in [0.25, 0.3) is 0 Å². The molecule has 4 heteroatoms. The van der Waals surface area contributed by atoms with E-state index in [1.54, 1.807) is 6.07 Å². The van der Waals surface area contributed by atoms with Gasteiger partial charge < -0.3 is 10.2 Å². The van der Waals surface area contributed by atoms with Gasteiger partial charge in [-0.1, -0.05) is 18.5 Å². The van der Waals surface area contributed by atoms with Crippen molar-refractivity contribution in [2.75, 3.05) is 25.0 Å². The molecule has 1 aromatic carbocycles. The summed E-state index contributed by atoms with van der Waals surface area (Å²) in [5.41, 5.74) is 0.697. The molecule has 0 amide bonds. The molecule has 2 nitrogen and oxygen atoms in total. The Hall–Kier alpha value is -0.800. The summed E-state index contributed by atoms with van der Waals surface area (Å²) in [7, 11) is 0. The molecular formula is C15H22ClFN2. The van der Waals surface area contributed by atoms with E-state index in [4.69, 9.17) is 11.6 Å². The summed E-state index contributed by atoms with van der Waals surface area (Å²) in [5.74, 6) is 0.339. The first-order chi connectivity index (χ1) is 9.10. The van der Waals surface area contributed by atoms with Gasteiger partial charge in [0, 0.05) is 12.6 Å². The standard InChI is InChI=1S/C15H22ClFN2/c1-3-19-8-4-5-12(10-19)11(2)18-15-9-13(17)6-7-14(15)16/h6-7,9,11-12,18H,3-5,8,10H2,1-2H3. The maximum Gasteiger partial charge on any atom is 0.125 e. The number of hydrogen-bond acceptors (Lipinski definition) is 2. The lowest BCUT2D eigenvalue weighted by atomic mass is 9.91. The number of likely N-dealkylation sites (tertiary alicyclic amines) is 1. The molecular weight excluding hydrogens is 263 g/mol. The molecule has 1 heterocycles. The van der Waals surface area contributed by atoms with E-state index >= 15 is 0 Å². The van der Waals surface area contributed by atoms with Crippen LogP contribution in [0.2, 0.25) is 5.02 Å². The molecule has 2 unspecified atom stereocenters. The van der Waals surface area contributed by atoms with Crippen LogP contribution < -0.4 is 5.32 Å². The molecule has 1 aromatic rings. The van der Waals surface area contributed by atoms with Crippen LogP contribution in [0, 0.1) is 11.7 Å². The lowest BCUT2D eigenvalue weighted by molar-refractivity contribution is 0.172. The molecule has 0 saturated carbocycles. The summed E-state index contributed by atoms with van der Waals surface area (Å²) >= 11 is 6.10. The third-order valence-electron chi connectivity index (χ3n) is 4.01. The van der Waals surface area contributed by atoms with Gasteiger partial charge in [-0.2, -0.15) is 0 Å². The average molecular weight is 285 g/mol. The predicted molar refractivity (Wildman–Crippen MR) is 79.3 cm³/mol. The van der Waals surface area contributed by atoms with Crippen LogP contribution in [0.3, 0.4) is 0 Å². The molecule has 1 aliphatic rings. The van der Waals surface area contributed by atoms with Gasteiger partial charge in [-0.15, -0.1) is 0 Å². The maximum atomic E-state index is 13.2. The summed E-state index contributed by atoms with van der Waals surface area (Å²) in [6.45, 7) is 7.76. The van der Waals surface area contributed by atoms with Crippen LogP contribution in [-0.4, -0.2) is 30.6 Å². The Kier molecular flexibility index (Phi) is 5.06. The normalized spacial score (nSPS) is 22.2. The quantitative estimate of drug-likeness (QED) is 0.899. The van der Waals surface area contributed by atoms with Gasteiger partial charge in [-0.05, 0) is 57.0 Å². The molecule has 0 aromatic heterocycles. The smallest absolute Gasteiger partial charge is 0.125 e. The van der Waals surface area contributed by atoms with Gasteiger partial charge in [-0.25, -0.2) is 4.39 Å². The van der Waals surface area contributed by atoms with Crippen molar-refractivity contribution >= 4 is 17.3 Å². The molecule has 1 saturated heterocycles. The summed E-state index contributed by atoms with van der Waals surface area (Å²) < 4.78 is 13.2. The Labute approximate surface area is 119 Å². The monoisotopic (exact) mass is 284 g/mol.